The van der Waals surface area contributed by atoms with Crippen molar-refractivity contribution >= 4 is 10.9 Å². The predicted octanol–water partition coefficient (Wildman–Crippen LogP) is 3.18. The highest BCUT2D eigenvalue weighted by molar-refractivity contribution is 5.85. The molecule has 0 aliphatic heterocycles. The molecule has 0 spiro atoms. The predicted molar refractivity (Wildman–Crippen MR) is 73.8 cm³/mol. The Bertz CT molecular complexity index is 567. The Morgan fingerprint density at radius 3 is 2.83 bits per heavy atom. The van der Waals surface area contributed by atoms with Gasteiger partial charge in [-0.3, -0.25) is 0 Å². The molecule has 3 rings (SSSR count). The molecule has 0 saturated heterocycles. The zero-order valence-corrected chi connectivity index (χ0v) is 11.0. The largest absolute Gasteiger partial charge is 0.508 e. The molecule has 1 aromatic carbocycles. The van der Waals surface area contributed by atoms with E-state index in [1.807, 2.05) is 12.1 Å². The lowest BCUT2D eigenvalue weighted by Crippen LogP contribution is -2.14. The van der Waals surface area contributed by atoms with Crippen molar-refractivity contribution in [3.8, 4) is 5.75 Å². The number of aromatic hydroxyl groups is 1. The molecule has 18 heavy (non-hydrogen) atoms. The Balaban J connectivity index is 2.01. The standard InChI is InChI=1S/C15H20N2O/c1-10(2)17-9-11(8-16-12-3-4-12)14-6-5-13(18)7-15(14)17/h5-7,9-10,12,16,18H,3-4,8H2,1-2H3. The number of rotatable bonds is 4. The second-order valence-corrected chi connectivity index (χ2v) is 5.51. The Kier molecular flexibility index (Phi) is 2.78. The average Bonchev–Trinajstić information content (AvgIpc) is 3.08. The van der Waals surface area contributed by atoms with Gasteiger partial charge in [0.05, 0.1) is 5.52 Å². The van der Waals surface area contributed by atoms with E-state index in [1.165, 1.54) is 23.8 Å². The van der Waals surface area contributed by atoms with E-state index < -0.39 is 0 Å². The van der Waals surface area contributed by atoms with Crippen LogP contribution in [-0.4, -0.2) is 15.7 Å². The Morgan fingerprint density at radius 1 is 1.39 bits per heavy atom. The number of fused-ring (bicyclic) bond motifs is 1. The van der Waals surface area contributed by atoms with Crippen molar-refractivity contribution in [3.63, 3.8) is 0 Å². The Labute approximate surface area is 107 Å². The summed E-state index contributed by atoms with van der Waals surface area (Å²) in [5.74, 6) is 0.337. The van der Waals surface area contributed by atoms with Crippen LogP contribution >= 0.6 is 0 Å². The minimum Gasteiger partial charge on any atom is -0.508 e. The molecule has 0 amide bonds. The van der Waals surface area contributed by atoms with Crippen LogP contribution in [0.2, 0.25) is 0 Å². The summed E-state index contributed by atoms with van der Waals surface area (Å²) in [6.07, 6.45) is 4.83. The zero-order valence-electron chi connectivity index (χ0n) is 11.0. The maximum atomic E-state index is 9.64. The van der Waals surface area contributed by atoms with Crippen LogP contribution in [0.15, 0.2) is 24.4 Å². The molecule has 0 bridgehead atoms. The SMILES string of the molecule is CC(C)n1cc(CNC2CC2)c2ccc(O)cc21. The van der Waals surface area contributed by atoms with E-state index in [0.29, 0.717) is 11.8 Å². The van der Waals surface area contributed by atoms with Crippen molar-refractivity contribution < 1.29 is 5.11 Å². The van der Waals surface area contributed by atoms with E-state index in [-0.39, 0.29) is 0 Å². The normalized spacial score (nSPS) is 15.7. The second-order valence-electron chi connectivity index (χ2n) is 5.51. The number of aromatic nitrogens is 1. The number of hydrogen-bond donors (Lipinski definition) is 2. The van der Waals surface area contributed by atoms with Crippen molar-refractivity contribution in [1.82, 2.24) is 9.88 Å². The highest BCUT2D eigenvalue weighted by Gasteiger charge is 2.21. The summed E-state index contributed by atoms with van der Waals surface area (Å²) in [5.41, 5.74) is 2.45. The van der Waals surface area contributed by atoms with E-state index in [9.17, 15) is 5.11 Å². The number of hydrogen-bond acceptors (Lipinski definition) is 2. The van der Waals surface area contributed by atoms with E-state index in [2.05, 4.69) is 29.9 Å². The summed E-state index contributed by atoms with van der Waals surface area (Å²) >= 11 is 0. The minimum absolute atomic E-state index is 0.337. The van der Waals surface area contributed by atoms with Crippen molar-refractivity contribution in [1.29, 1.82) is 0 Å². The van der Waals surface area contributed by atoms with Gasteiger partial charge in [0.2, 0.25) is 0 Å². The molecular weight excluding hydrogens is 224 g/mol. The maximum absolute atomic E-state index is 9.64. The quantitative estimate of drug-likeness (QED) is 0.866. The molecule has 96 valence electrons. The summed E-state index contributed by atoms with van der Waals surface area (Å²) in [7, 11) is 0. The molecule has 1 aliphatic carbocycles. The molecule has 0 unspecified atom stereocenters. The van der Waals surface area contributed by atoms with Crippen LogP contribution in [-0.2, 0) is 6.54 Å². The lowest BCUT2D eigenvalue weighted by Gasteiger charge is -2.08. The smallest absolute Gasteiger partial charge is 0.117 e. The Hall–Kier alpha value is -1.48. The van der Waals surface area contributed by atoms with Gasteiger partial charge >= 0.3 is 0 Å². The molecule has 1 saturated carbocycles. The monoisotopic (exact) mass is 244 g/mol. The van der Waals surface area contributed by atoms with Crippen molar-refractivity contribution in [3.05, 3.63) is 30.0 Å². The third-order valence-electron chi connectivity index (χ3n) is 3.62. The van der Waals surface area contributed by atoms with Gasteiger partial charge in [0.15, 0.2) is 0 Å². The highest BCUT2D eigenvalue weighted by Crippen LogP contribution is 2.28. The lowest BCUT2D eigenvalue weighted by molar-refractivity contribution is 0.475. The van der Waals surface area contributed by atoms with Gasteiger partial charge in [-0.15, -0.1) is 0 Å². The third-order valence-corrected chi connectivity index (χ3v) is 3.62. The molecule has 3 heteroatoms. The topological polar surface area (TPSA) is 37.2 Å². The van der Waals surface area contributed by atoms with Gasteiger partial charge in [0.1, 0.15) is 5.75 Å². The molecule has 2 aromatic rings. The Morgan fingerprint density at radius 2 is 2.17 bits per heavy atom. The molecule has 2 N–H and O–H groups in total. The first-order valence-corrected chi connectivity index (χ1v) is 6.71. The third kappa shape index (κ3) is 2.10. The summed E-state index contributed by atoms with van der Waals surface area (Å²) < 4.78 is 2.24. The fourth-order valence-electron chi connectivity index (χ4n) is 2.42. The first kappa shape index (κ1) is 11.6. The number of nitrogens with zero attached hydrogens (tertiary/aromatic N) is 1. The summed E-state index contributed by atoms with van der Waals surface area (Å²) in [6, 6.07) is 6.78. The van der Waals surface area contributed by atoms with Crippen LogP contribution in [0.4, 0.5) is 0 Å². The lowest BCUT2D eigenvalue weighted by atomic mass is 10.1. The summed E-state index contributed by atoms with van der Waals surface area (Å²) in [6.45, 7) is 5.26. The molecule has 1 aromatic heterocycles. The molecule has 1 aliphatic rings. The van der Waals surface area contributed by atoms with Crippen molar-refractivity contribution in [2.75, 3.05) is 0 Å². The van der Waals surface area contributed by atoms with Crippen LogP contribution in [0.5, 0.6) is 5.75 Å². The van der Waals surface area contributed by atoms with Crippen LogP contribution in [0.3, 0.4) is 0 Å². The van der Waals surface area contributed by atoms with Crippen molar-refractivity contribution in [2.45, 2.75) is 45.3 Å². The first-order valence-electron chi connectivity index (χ1n) is 6.71. The summed E-state index contributed by atoms with van der Waals surface area (Å²) in [4.78, 5) is 0. The fourth-order valence-corrected chi connectivity index (χ4v) is 2.42. The number of nitrogens with one attached hydrogen (secondary N) is 1. The number of phenolic OH excluding ortho intramolecular Hbond substituents is 1. The molecule has 1 fully saturated rings. The van der Waals surface area contributed by atoms with Gasteiger partial charge in [-0.05, 0) is 44.4 Å². The zero-order chi connectivity index (χ0) is 12.7. The molecule has 1 heterocycles. The van der Waals surface area contributed by atoms with E-state index >= 15 is 0 Å². The number of benzene rings is 1. The van der Waals surface area contributed by atoms with E-state index in [1.54, 1.807) is 6.07 Å². The van der Waals surface area contributed by atoms with Gasteiger partial charge in [-0.2, -0.15) is 0 Å². The van der Waals surface area contributed by atoms with Gasteiger partial charge in [-0.25, -0.2) is 0 Å². The van der Waals surface area contributed by atoms with Crippen LogP contribution in [0.25, 0.3) is 10.9 Å². The van der Waals surface area contributed by atoms with E-state index in [0.717, 1.165) is 18.1 Å². The summed E-state index contributed by atoms with van der Waals surface area (Å²) in [5, 5.41) is 14.4. The second kappa shape index (κ2) is 4.32. The van der Waals surface area contributed by atoms with Crippen LogP contribution in [0, 0.1) is 0 Å². The van der Waals surface area contributed by atoms with Gasteiger partial charge in [-0.1, -0.05) is 0 Å². The van der Waals surface area contributed by atoms with E-state index in [4.69, 9.17) is 0 Å². The molecule has 0 atom stereocenters. The number of phenols is 1. The maximum Gasteiger partial charge on any atom is 0.117 e. The average molecular weight is 244 g/mol. The molecule has 0 radical (unpaired) electrons. The highest BCUT2D eigenvalue weighted by atomic mass is 16.3. The fraction of sp³-hybridized carbons (Fsp3) is 0.467. The molecule has 3 nitrogen and oxygen atoms in total. The minimum atomic E-state index is 0.337. The van der Waals surface area contributed by atoms with Crippen LogP contribution in [0.1, 0.15) is 38.3 Å². The molecular formula is C15H20N2O. The van der Waals surface area contributed by atoms with Crippen molar-refractivity contribution in [2.24, 2.45) is 0 Å². The van der Waals surface area contributed by atoms with Gasteiger partial charge in [0, 0.05) is 36.3 Å². The van der Waals surface area contributed by atoms with Crippen LogP contribution < -0.4 is 5.32 Å². The first-order chi connectivity index (χ1) is 8.65. The van der Waals surface area contributed by atoms with Gasteiger partial charge < -0.3 is 15.0 Å². The van der Waals surface area contributed by atoms with Gasteiger partial charge in [0.25, 0.3) is 0 Å².